The number of anilines is 1. The van der Waals surface area contributed by atoms with Gasteiger partial charge in [-0.2, -0.15) is 5.10 Å². The van der Waals surface area contributed by atoms with Crippen molar-refractivity contribution in [2.45, 2.75) is 33.7 Å². The summed E-state index contributed by atoms with van der Waals surface area (Å²) in [5.41, 5.74) is 0.480. The van der Waals surface area contributed by atoms with Crippen LogP contribution in [-0.2, 0) is 16.4 Å². The maximum Gasteiger partial charge on any atom is 0.268 e. The predicted octanol–water partition coefficient (Wildman–Crippen LogP) is 1.14. The molecule has 20 heavy (non-hydrogen) atoms. The number of aromatic nitrogens is 2. The average molecular weight is 301 g/mol. The zero-order valence-corrected chi connectivity index (χ0v) is 13.1. The molecule has 0 unspecified atom stereocenters. The molecule has 0 aliphatic heterocycles. The van der Waals surface area contributed by atoms with E-state index in [1.54, 1.807) is 13.1 Å². The van der Waals surface area contributed by atoms with E-state index >= 15 is 0 Å². The Labute approximate surface area is 120 Å². The van der Waals surface area contributed by atoms with E-state index in [-0.39, 0.29) is 17.1 Å². The molecule has 0 atom stereocenters. The van der Waals surface area contributed by atoms with Crippen LogP contribution in [0.15, 0.2) is 17.1 Å². The minimum Gasteiger partial charge on any atom is -0.383 e. The van der Waals surface area contributed by atoms with Gasteiger partial charge in [0, 0.05) is 24.9 Å². The van der Waals surface area contributed by atoms with E-state index in [0.29, 0.717) is 24.6 Å². The Kier molecular flexibility index (Phi) is 6.19. The Morgan fingerprint density at radius 1 is 1.40 bits per heavy atom. The summed E-state index contributed by atoms with van der Waals surface area (Å²) in [5, 5.41) is 7.18. The van der Waals surface area contributed by atoms with Gasteiger partial charge in [-0.25, -0.2) is 13.1 Å². The Bertz CT molecular complexity index is 579. The third-order valence-electron chi connectivity index (χ3n) is 2.85. The number of aryl methyl sites for hydroxylation is 1. The predicted molar refractivity (Wildman–Crippen MR) is 80.8 cm³/mol. The first-order valence-electron chi connectivity index (χ1n) is 6.85. The Hall–Kier alpha value is -1.37. The fourth-order valence-electron chi connectivity index (χ4n) is 1.60. The summed E-state index contributed by atoms with van der Waals surface area (Å²) in [6.07, 6.45) is 2.00. The van der Waals surface area contributed by atoms with E-state index in [2.05, 4.69) is 24.3 Å². The molecule has 0 fully saturated rings. The molecular weight excluding hydrogens is 278 g/mol. The second-order valence-electron chi connectivity index (χ2n) is 5.17. The summed E-state index contributed by atoms with van der Waals surface area (Å²) in [5.74, 6) is 0.704. The zero-order valence-electron chi connectivity index (χ0n) is 12.3. The lowest BCUT2D eigenvalue weighted by atomic mass is 10.2. The Morgan fingerprint density at radius 3 is 2.65 bits per heavy atom. The Balaban J connectivity index is 2.58. The van der Waals surface area contributed by atoms with Crippen LogP contribution in [0, 0.1) is 5.92 Å². The van der Waals surface area contributed by atoms with Gasteiger partial charge in [0.1, 0.15) is 9.84 Å². The summed E-state index contributed by atoms with van der Waals surface area (Å²) in [6.45, 7) is 6.88. The van der Waals surface area contributed by atoms with Gasteiger partial charge >= 0.3 is 0 Å². The molecule has 0 aliphatic rings. The molecule has 0 aliphatic carbocycles. The van der Waals surface area contributed by atoms with Crippen molar-refractivity contribution in [2.75, 3.05) is 23.4 Å². The van der Waals surface area contributed by atoms with Gasteiger partial charge in [0.2, 0.25) is 0 Å². The SMILES string of the molecule is CCS(=O)(=O)CCCn1ncc(NCC(C)C)cc1=O. The van der Waals surface area contributed by atoms with Crippen LogP contribution in [0.5, 0.6) is 0 Å². The van der Waals surface area contributed by atoms with Crippen LogP contribution < -0.4 is 10.9 Å². The lowest BCUT2D eigenvalue weighted by Gasteiger charge is -2.09. The van der Waals surface area contributed by atoms with Crippen molar-refractivity contribution in [3.63, 3.8) is 0 Å². The van der Waals surface area contributed by atoms with Crippen LogP contribution in [0.4, 0.5) is 5.69 Å². The van der Waals surface area contributed by atoms with Crippen molar-refractivity contribution in [2.24, 2.45) is 5.92 Å². The largest absolute Gasteiger partial charge is 0.383 e. The highest BCUT2D eigenvalue weighted by molar-refractivity contribution is 7.91. The van der Waals surface area contributed by atoms with Gasteiger partial charge in [0.15, 0.2) is 0 Å². The monoisotopic (exact) mass is 301 g/mol. The molecular formula is C13H23N3O3S. The molecule has 0 aromatic carbocycles. The third kappa shape index (κ3) is 5.73. The van der Waals surface area contributed by atoms with Crippen molar-refractivity contribution >= 4 is 15.5 Å². The van der Waals surface area contributed by atoms with Gasteiger partial charge in [-0.05, 0) is 12.3 Å². The van der Waals surface area contributed by atoms with Crippen LogP contribution >= 0.6 is 0 Å². The van der Waals surface area contributed by atoms with E-state index < -0.39 is 9.84 Å². The molecule has 0 amide bonds. The van der Waals surface area contributed by atoms with Crippen molar-refractivity contribution in [3.05, 3.63) is 22.6 Å². The second kappa shape index (κ2) is 7.42. The van der Waals surface area contributed by atoms with Crippen LogP contribution in [0.3, 0.4) is 0 Å². The average Bonchev–Trinajstić information content (AvgIpc) is 2.38. The molecule has 7 heteroatoms. The quantitative estimate of drug-likeness (QED) is 0.778. The van der Waals surface area contributed by atoms with Crippen LogP contribution in [0.25, 0.3) is 0 Å². The number of hydrogen-bond donors (Lipinski definition) is 1. The summed E-state index contributed by atoms with van der Waals surface area (Å²) >= 11 is 0. The molecule has 0 radical (unpaired) electrons. The van der Waals surface area contributed by atoms with E-state index in [9.17, 15) is 13.2 Å². The molecule has 1 heterocycles. The molecule has 1 N–H and O–H groups in total. The highest BCUT2D eigenvalue weighted by Gasteiger charge is 2.08. The van der Waals surface area contributed by atoms with Gasteiger partial charge in [0.25, 0.3) is 5.56 Å². The fourth-order valence-corrected chi connectivity index (χ4v) is 2.46. The minimum atomic E-state index is -2.98. The number of sulfone groups is 1. The van der Waals surface area contributed by atoms with Crippen molar-refractivity contribution in [3.8, 4) is 0 Å². The van der Waals surface area contributed by atoms with Crippen LogP contribution in [0.2, 0.25) is 0 Å². The maximum absolute atomic E-state index is 11.8. The van der Waals surface area contributed by atoms with Crippen molar-refractivity contribution in [1.82, 2.24) is 9.78 Å². The van der Waals surface area contributed by atoms with Gasteiger partial charge in [-0.15, -0.1) is 0 Å². The van der Waals surface area contributed by atoms with Crippen LogP contribution in [0.1, 0.15) is 27.2 Å². The second-order valence-corrected chi connectivity index (χ2v) is 7.64. The van der Waals surface area contributed by atoms with Crippen molar-refractivity contribution in [1.29, 1.82) is 0 Å². The summed E-state index contributed by atoms with van der Waals surface area (Å²) in [7, 11) is -2.98. The molecule has 0 saturated heterocycles. The van der Waals surface area contributed by atoms with Gasteiger partial charge in [-0.1, -0.05) is 20.8 Å². The lowest BCUT2D eigenvalue weighted by molar-refractivity contribution is 0.555. The van der Waals surface area contributed by atoms with E-state index in [1.165, 1.54) is 10.7 Å². The zero-order chi connectivity index (χ0) is 15.2. The number of nitrogens with zero attached hydrogens (tertiary/aromatic N) is 2. The smallest absolute Gasteiger partial charge is 0.268 e. The fraction of sp³-hybridized carbons (Fsp3) is 0.692. The summed E-state index contributed by atoms with van der Waals surface area (Å²) in [4.78, 5) is 11.8. The maximum atomic E-state index is 11.8. The Morgan fingerprint density at radius 2 is 2.10 bits per heavy atom. The molecule has 114 valence electrons. The third-order valence-corrected chi connectivity index (χ3v) is 4.64. The van der Waals surface area contributed by atoms with E-state index in [0.717, 1.165) is 6.54 Å². The molecule has 1 aromatic rings. The molecule has 1 rings (SSSR count). The van der Waals surface area contributed by atoms with E-state index in [1.807, 2.05) is 0 Å². The normalized spacial score (nSPS) is 11.8. The first-order valence-corrected chi connectivity index (χ1v) is 8.67. The highest BCUT2D eigenvalue weighted by Crippen LogP contribution is 2.02. The summed E-state index contributed by atoms with van der Waals surface area (Å²) in [6, 6.07) is 1.49. The first kappa shape index (κ1) is 16.7. The topological polar surface area (TPSA) is 81.1 Å². The molecule has 0 saturated carbocycles. The van der Waals surface area contributed by atoms with Gasteiger partial charge < -0.3 is 5.32 Å². The standard InChI is InChI=1S/C13H23N3O3S/c1-4-20(18,19)7-5-6-16-13(17)8-12(10-15-16)14-9-11(2)3/h8,10-11,14H,4-7,9H2,1-3H3. The van der Waals surface area contributed by atoms with E-state index in [4.69, 9.17) is 0 Å². The molecule has 0 spiro atoms. The summed E-state index contributed by atoms with van der Waals surface area (Å²) < 4.78 is 24.0. The first-order chi connectivity index (χ1) is 9.34. The molecule has 6 nitrogen and oxygen atoms in total. The lowest BCUT2D eigenvalue weighted by Crippen LogP contribution is -2.24. The minimum absolute atomic E-state index is 0.0883. The van der Waals surface area contributed by atoms with Gasteiger partial charge in [0.05, 0.1) is 17.6 Å². The van der Waals surface area contributed by atoms with Gasteiger partial charge in [-0.3, -0.25) is 4.79 Å². The highest BCUT2D eigenvalue weighted by atomic mass is 32.2. The number of hydrogen-bond acceptors (Lipinski definition) is 5. The molecule has 0 bridgehead atoms. The van der Waals surface area contributed by atoms with Crippen LogP contribution in [-0.4, -0.2) is 36.2 Å². The molecule has 1 aromatic heterocycles. The number of nitrogens with one attached hydrogen (secondary N) is 1. The number of rotatable bonds is 8. The van der Waals surface area contributed by atoms with Crippen molar-refractivity contribution < 1.29 is 8.42 Å².